The summed E-state index contributed by atoms with van der Waals surface area (Å²) in [5, 5.41) is 5.59. The van der Waals surface area contributed by atoms with Gasteiger partial charge >= 0.3 is 6.09 Å². The van der Waals surface area contributed by atoms with Crippen LogP contribution in [0.4, 0.5) is 16.2 Å². The number of ketones is 2. The van der Waals surface area contributed by atoms with Crippen molar-refractivity contribution in [3.05, 3.63) is 94.5 Å². The van der Waals surface area contributed by atoms with Gasteiger partial charge in [0.1, 0.15) is 5.60 Å². The molecule has 0 unspecified atom stereocenters. The molecular formula is C27H25ClN2O5. The molecule has 3 aromatic rings. The first kappa shape index (κ1) is 25.6. The summed E-state index contributed by atoms with van der Waals surface area (Å²) in [4.78, 5) is 50.4. The monoisotopic (exact) mass is 492 g/mol. The highest BCUT2D eigenvalue weighted by Crippen LogP contribution is 2.26. The molecule has 7 nitrogen and oxygen atoms in total. The Morgan fingerprint density at radius 1 is 0.771 bits per heavy atom. The molecule has 180 valence electrons. The van der Waals surface area contributed by atoms with Crippen LogP contribution in [0.25, 0.3) is 0 Å². The Labute approximate surface area is 208 Å². The van der Waals surface area contributed by atoms with E-state index in [1.54, 1.807) is 69.3 Å². The first-order chi connectivity index (χ1) is 16.5. The molecule has 0 bridgehead atoms. The van der Waals surface area contributed by atoms with Crippen LogP contribution >= 0.6 is 11.6 Å². The zero-order valence-electron chi connectivity index (χ0n) is 19.6. The Balaban J connectivity index is 1.86. The first-order valence-corrected chi connectivity index (χ1v) is 11.2. The third-order valence-corrected chi connectivity index (χ3v) is 4.93. The zero-order valence-corrected chi connectivity index (χ0v) is 20.3. The van der Waals surface area contributed by atoms with Gasteiger partial charge in [-0.3, -0.25) is 19.7 Å². The molecule has 0 aliphatic carbocycles. The summed E-state index contributed by atoms with van der Waals surface area (Å²) < 4.78 is 5.29. The number of carbonyl (C=O) groups excluding carboxylic acids is 4. The van der Waals surface area contributed by atoms with Gasteiger partial charge in [-0.2, -0.15) is 0 Å². The van der Waals surface area contributed by atoms with Crippen LogP contribution in [0.3, 0.4) is 0 Å². The van der Waals surface area contributed by atoms with E-state index in [1.807, 2.05) is 0 Å². The fourth-order valence-electron chi connectivity index (χ4n) is 3.17. The van der Waals surface area contributed by atoms with Gasteiger partial charge in [-0.15, -0.1) is 0 Å². The van der Waals surface area contributed by atoms with Crippen LogP contribution in [0.1, 0.15) is 53.5 Å². The Bertz CT molecular complexity index is 1270. The molecule has 2 N–H and O–H groups in total. The number of Topliss-reactive ketones (excluding diaryl/α,β-unsaturated/α-hetero) is 1. The van der Waals surface area contributed by atoms with Crippen molar-refractivity contribution in [1.82, 2.24) is 0 Å². The summed E-state index contributed by atoms with van der Waals surface area (Å²) in [5.74, 6) is -1.31. The largest absolute Gasteiger partial charge is 0.444 e. The maximum absolute atomic E-state index is 12.9. The molecule has 3 rings (SSSR count). The van der Waals surface area contributed by atoms with Crippen molar-refractivity contribution >= 4 is 46.5 Å². The van der Waals surface area contributed by atoms with Gasteiger partial charge in [0.05, 0.1) is 17.8 Å². The smallest absolute Gasteiger partial charge is 0.412 e. The van der Waals surface area contributed by atoms with Crippen LogP contribution < -0.4 is 10.6 Å². The van der Waals surface area contributed by atoms with E-state index in [2.05, 4.69) is 10.6 Å². The van der Waals surface area contributed by atoms with Crippen molar-refractivity contribution < 1.29 is 23.9 Å². The van der Waals surface area contributed by atoms with Gasteiger partial charge in [0.2, 0.25) is 5.91 Å². The van der Waals surface area contributed by atoms with E-state index in [4.69, 9.17) is 16.3 Å². The third kappa shape index (κ3) is 7.52. The van der Waals surface area contributed by atoms with E-state index in [0.717, 1.165) is 0 Å². The van der Waals surface area contributed by atoms with E-state index in [0.29, 0.717) is 21.7 Å². The highest BCUT2D eigenvalue weighted by atomic mass is 35.5. The van der Waals surface area contributed by atoms with Gasteiger partial charge < -0.3 is 10.1 Å². The maximum Gasteiger partial charge on any atom is 0.412 e. The number of halogens is 1. The van der Waals surface area contributed by atoms with Crippen LogP contribution in [0, 0.1) is 0 Å². The molecule has 0 atom stereocenters. The molecule has 2 amide bonds. The number of rotatable bonds is 7. The fraction of sp³-hybridized carbons (Fsp3) is 0.185. The number of amides is 2. The van der Waals surface area contributed by atoms with Gasteiger partial charge in [0.25, 0.3) is 0 Å². The minimum Gasteiger partial charge on any atom is -0.444 e. The minimum absolute atomic E-state index is 0.154. The number of hydrogen-bond donors (Lipinski definition) is 2. The normalized spacial score (nSPS) is 10.9. The fourth-order valence-corrected chi connectivity index (χ4v) is 3.36. The molecule has 0 saturated heterocycles. The van der Waals surface area contributed by atoms with E-state index in [1.165, 1.54) is 24.3 Å². The molecule has 0 heterocycles. The average Bonchev–Trinajstić information content (AvgIpc) is 2.79. The summed E-state index contributed by atoms with van der Waals surface area (Å²) >= 11 is 5.93. The van der Waals surface area contributed by atoms with Gasteiger partial charge in [-0.1, -0.05) is 54.1 Å². The lowest BCUT2D eigenvalue weighted by Gasteiger charge is -2.21. The molecule has 0 saturated carbocycles. The van der Waals surface area contributed by atoms with Crippen molar-refractivity contribution in [2.75, 3.05) is 10.6 Å². The lowest BCUT2D eigenvalue weighted by Crippen LogP contribution is -2.27. The predicted octanol–water partition coefficient (Wildman–Crippen LogP) is 6.13. The summed E-state index contributed by atoms with van der Waals surface area (Å²) in [6, 6.07) is 19.4. The van der Waals surface area contributed by atoms with Gasteiger partial charge in [-0.25, -0.2) is 4.79 Å². The average molecular weight is 493 g/mol. The number of nitrogens with one attached hydrogen (secondary N) is 2. The lowest BCUT2D eigenvalue weighted by atomic mass is 10.0. The number of hydrogen-bond acceptors (Lipinski definition) is 5. The molecule has 3 aromatic carbocycles. The Kier molecular flexibility index (Phi) is 8.04. The van der Waals surface area contributed by atoms with Crippen molar-refractivity contribution in [3.8, 4) is 0 Å². The topological polar surface area (TPSA) is 102 Å². The second kappa shape index (κ2) is 11.0. The quantitative estimate of drug-likeness (QED) is 0.305. The summed E-state index contributed by atoms with van der Waals surface area (Å²) in [5.41, 5.74) is 0.693. The van der Waals surface area contributed by atoms with Crippen molar-refractivity contribution in [3.63, 3.8) is 0 Å². The van der Waals surface area contributed by atoms with Crippen LogP contribution in [0.15, 0.2) is 72.8 Å². The number of carbonyl (C=O) groups is 4. The first-order valence-electron chi connectivity index (χ1n) is 10.8. The lowest BCUT2D eigenvalue weighted by molar-refractivity contribution is -0.115. The summed E-state index contributed by atoms with van der Waals surface area (Å²) in [6.45, 7) is 5.16. The molecular weight excluding hydrogens is 468 g/mol. The van der Waals surface area contributed by atoms with E-state index in [-0.39, 0.29) is 17.2 Å². The van der Waals surface area contributed by atoms with Gasteiger partial charge in [-0.05, 0) is 51.1 Å². The molecule has 0 radical (unpaired) electrons. The predicted molar refractivity (Wildman–Crippen MR) is 135 cm³/mol. The molecule has 35 heavy (non-hydrogen) atoms. The van der Waals surface area contributed by atoms with Crippen LogP contribution in [0.2, 0.25) is 5.02 Å². The minimum atomic E-state index is -0.736. The second-order valence-corrected chi connectivity index (χ2v) is 9.18. The Hall–Kier alpha value is -3.97. The molecule has 0 aromatic heterocycles. The molecule has 0 aliphatic rings. The summed E-state index contributed by atoms with van der Waals surface area (Å²) in [7, 11) is 0. The molecule has 0 aliphatic heterocycles. The van der Waals surface area contributed by atoms with Crippen molar-refractivity contribution in [1.29, 1.82) is 0 Å². The Morgan fingerprint density at radius 2 is 1.46 bits per heavy atom. The highest BCUT2D eigenvalue weighted by molar-refractivity contribution is 6.31. The van der Waals surface area contributed by atoms with Crippen LogP contribution in [0.5, 0.6) is 0 Å². The van der Waals surface area contributed by atoms with Gasteiger partial charge in [0, 0.05) is 21.7 Å². The van der Waals surface area contributed by atoms with Crippen LogP contribution in [-0.4, -0.2) is 29.2 Å². The van der Waals surface area contributed by atoms with E-state index < -0.39 is 29.8 Å². The van der Waals surface area contributed by atoms with E-state index >= 15 is 0 Å². The van der Waals surface area contributed by atoms with Crippen LogP contribution in [-0.2, 0) is 9.53 Å². The maximum atomic E-state index is 12.9. The van der Waals surface area contributed by atoms with Gasteiger partial charge in [0.15, 0.2) is 11.6 Å². The zero-order chi connectivity index (χ0) is 25.6. The molecule has 8 heteroatoms. The number of anilines is 2. The standard InChI is InChI=1S/C27H25ClN2O5/c1-27(2,3)35-26(34)30-21-13-12-19(25(33)17-8-5-4-6-9-17)15-22(21)29-24(32)16-23(31)18-10-7-11-20(28)14-18/h4-15H,16H2,1-3H3,(H,29,32)(H,30,34). The molecule has 0 fully saturated rings. The van der Waals surface area contributed by atoms with Crippen molar-refractivity contribution in [2.24, 2.45) is 0 Å². The number of benzene rings is 3. The van der Waals surface area contributed by atoms with Crippen molar-refractivity contribution in [2.45, 2.75) is 32.8 Å². The number of ether oxygens (including phenoxy) is 1. The highest BCUT2D eigenvalue weighted by Gasteiger charge is 2.20. The molecule has 0 spiro atoms. The summed E-state index contributed by atoms with van der Waals surface area (Å²) in [6.07, 6.45) is -1.19. The third-order valence-electron chi connectivity index (χ3n) is 4.70. The van der Waals surface area contributed by atoms with E-state index in [9.17, 15) is 19.2 Å². The Morgan fingerprint density at radius 3 is 2.11 bits per heavy atom. The SMILES string of the molecule is CC(C)(C)OC(=O)Nc1ccc(C(=O)c2ccccc2)cc1NC(=O)CC(=O)c1cccc(Cl)c1. The second-order valence-electron chi connectivity index (χ2n) is 8.74.